The van der Waals surface area contributed by atoms with Crippen LogP contribution in [0.3, 0.4) is 0 Å². The van der Waals surface area contributed by atoms with Crippen molar-refractivity contribution < 1.29 is 39.6 Å². The summed E-state index contributed by atoms with van der Waals surface area (Å²) in [4.78, 5) is 53.0. The first-order valence-electron chi connectivity index (χ1n) is 15.0. The van der Waals surface area contributed by atoms with Crippen molar-refractivity contribution in [2.24, 2.45) is 22.9 Å². The monoisotopic (exact) mass is 636 g/mol. The van der Waals surface area contributed by atoms with Gasteiger partial charge in [-0.3, -0.25) is 19.2 Å². The first kappa shape index (κ1) is 41.5. The van der Waals surface area contributed by atoms with Gasteiger partial charge in [0.05, 0.1) is 24.4 Å². The third-order valence-electron chi connectivity index (χ3n) is 6.58. The number of carbonyl (C=O) groups excluding carboxylic acids is 4. The minimum atomic E-state index is -0.859. The maximum atomic E-state index is 12.3. The van der Waals surface area contributed by atoms with E-state index >= 15 is 0 Å². The molecule has 4 atom stereocenters. The number of nitrogens with zero attached hydrogens (tertiary/aromatic N) is 2. The molecule has 0 bridgehead atoms. The minimum absolute atomic E-state index is 0.00739. The van der Waals surface area contributed by atoms with Crippen molar-refractivity contribution in [3.63, 3.8) is 0 Å². The Balaban J connectivity index is 5.29. The molecule has 44 heavy (non-hydrogen) atoms. The van der Waals surface area contributed by atoms with Crippen LogP contribution in [0.25, 0.3) is 0 Å². The number of aliphatic hydroxyl groups is 4. The fourth-order valence-electron chi connectivity index (χ4n) is 3.61. The molecule has 0 aliphatic heterocycles. The number of hydrogen-bond donors (Lipinski definition) is 12. The Hall–Kier alpha value is -2.52. The lowest BCUT2D eigenvalue weighted by Gasteiger charge is -2.27. The Morgan fingerprint density at radius 1 is 0.432 bits per heavy atom. The molecule has 0 spiro atoms. The molecule has 0 rings (SSSR count). The summed E-state index contributed by atoms with van der Waals surface area (Å²) in [5.41, 5.74) is 21.5. The van der Waals surface area contributed by atoms with Crippen molar-refractivity contribution >= 4 is 23.6 Å². The quantitative estimate of drug-likeness (QED) is 0.0399. The molecule has 0 saturated heterocycles. The minimum Gasteiger partial charge on any atom is -0.390 e. The topological polar surface area (TPSA) is 308 Å². The van der Waals surface area contributed by atoms with E-state index in [1.807, 2.05) is 9.80 Å². The first-order valence-corrected chi connectivity index (χ1v) is 15.0. The summed E-state index contributed by atoms with van der Waals surface area (Å²) in [6.45, 7) is 2.01. The Kier molecular flexibility index (Phi) is 24.3. The SMILES string of the molecule is NCC(O)CNC(=O)CCN(CCC(=O)NCC(O)CN)CCN(CCC(=O)NCC(O)CN)CCC(=O)NCC(O)CN. The summed E-state index contributed by atoms with van der Waals surface area (Å²) in [5, 5.41) is 48.8. The van der Waals surface area contributed by atoms with E-state index in [-0.39, 0.29) is 128 Å². The number of nitrogens with two attached hydrogens (primary N) is 4. The highest BCUT2D eigenvalue weighted by atomic mass is 16.3. The zero-order chi connectivity index (χ0) is 33.3. The lowest BCUT2D eigenvalue weighted by atomic mass is 10.2. The van der Waals surface area contributed by atoms with Gasteiger partial charge in [0.25, 0.3) is 0 Å². The van der Waals surface area contributed by atoms with Gasteiger partial charge in [0.15, 0.2) is 0 Å². The van der Waals surface area contributed by atoms with Crippen molar-refractivity contribution in [1.29, 1.82) is 0 Å². The molecule has 18 nitrogen and oxygen atoms in total. The molecule has 0 aromatic rings. The number of amides is 4. The Morgan fingerprint density at radius 2 is 0.636 bits per heavy atom. The van der Waals surface area contributed by atoms with Crippen molar-refractivity contribution in [3.8, 4) is 0 Å². The average Bonchev–Trinajstić information content (AvgIpc) is 3.03. The van der Waals surface area contributed by atoms with Gasteiger partial charge in [-0.25, -0.2) is 0 Å². The summed E-state index contributed by atoms with van der Waals surface area (Å²) < 4.78 is 0. The lowest BCUT2D eigenvalue weighted by molar-refractivity contribution is -0.123. The van der Waals surface area contributed by atoms with Crippen LogP contribution < -0.4 is 44.2 Å². The molecular formula is C26H56N10O8. The van der Waals surface area contributed by atoms with Crippen molar-refractivity contribution in [3.05, 3.63) is 0 Å². The molecule has 0 radical (unpaired) electrons. The Labute approximate surface area is 259 Å². The second-order valence-electron chi connectivity index (χ2n) is 10.5. The van der Waals surface area contributed by atoms with E-state index in [9.17, 15) is 39.6 Å². The maximum absolute atomic E-state index is 12.3. The van der Waals surface area contributed by atoms with Crippen LogP contribution in [0.4, 0.5) is 0 Å². The molecule has 18 heteroatoms. The number of nitrogens with one attached hydrogen (secondary N) is 4. The van der Waals surface area contributed by atoms with E-state index < -0.39 is 24.4 Å². The van der Waals surface area contributed by atoms with Gasteiger partial charge >= 0.3 is 0 Å². The van der Waals surface area contributed by atoms with Crippen molar-refractivity contribution in [2.75, 3.05) is 91.6 Å². The fraction of sp³-hybridized carbons (Fsp3) is 0.846. The third kappa shape index (κ3) is 22.9. The van der Waals surface area contributed by atoms with Crippen LogP contribution in [0, 0.1) is 0 Å². The summed E-state index contributed by atoms with van der Waals surface area (Å²) >= 11 is 0. The van der Waals surface area contributed by atoms with Gasteiger partial charge in [0.2, 0.25) is 23.6 Å². The molecule has 4 amide bonds. The first-order chi connectivity index (χ1) is 20.9. The summed E-state index contributed by atoms with van der Waals surface area (Å²) in [5.74, 6) is -1.21. The number of carbonyl (C=O) groups is 4. The molecule has 258 valence electrons. The Bertz CT molecular complexity index is 689. The molecule has 16 N–H and O–H groups in total. The lowest BCUT2D eigenvalue weighted by Crippen LogP contribution is -2.43. The molecular weight excluding hydrogens is 580 g/mol. The third-order valence-corrected chi connectivity index (χ3v) is 6.58. The smallest absolute Gasteiger partial charge is 0.221 e. The van der Waals surface area contributed by atoms with Crippen LogP contribution in [-0.2, 0) is 19.2 Å². The highest BCUT2D eigenvalue weighted by Gasteiger charge is 2.17. The molecule has 0 aliphatic rings. The second-order valence-corrected chi connectivity index (χ2v) is 10.5. The second kappa shape index (κ2) is 25.8. The van der Waals surface area contributed by atoms with E-state index in [0.717, 1.165) is 0 Å². The van der Waals surface area contributed by atoms with Gasteiger partial charge in [-0.1, -0.05) is 0 Å². The molecule has 0 aliphatic carbocycles. The van der Waals surface area contributed by atoms with Crippen LogP contribution in [0.15, 0.2) is 0 Å². The van der Waals surface area contributed by atoms with Gasteiger partial charge in [0.1, 0.15) is 0 Å². The van der Waals surface area contributed by atoms with Gasteiger partial charge in [-0.15, -0.1) is 0 Å². The highest BCUT2D eigenvalue weighted by molar-refractivity contribution is 5.77. The zero-order valence-electron chi connectivity index (χ0n) is 25.7. The zero-order valence-corrected chi connectivity index (χ0v) is 25.7. The standard InChI is InChI=1S/C26H56N10O8/c27-11-19(37)15-31-23(41)1-5-35(6-2-24(42)32-16-20(38)12-28)9-10-36(7-3-25(43)33-17-21(39)13-29)8-4-26(44)34-18-22(40)14-30/h19-22,37-40H,1-18,27-30H2,(H,31,41)(H,32,42)(H,33,43)(H,34,44). The van der Waals surface area contributed by atoms with Crippen LogP contribution in [-0.4, -0.2) is 170 Å². The van der Waals surface area contributed by atoms with Crippen LogP contribution in [0.2, 0.25) is 0 Å². The molecule has 0 heterocycles. The van der Waals surface area contributed by atoms with Crippen LogP contribution in [0.1, 0.15) is 25.7 Å². The van der Waals surface area contributed by atoms with Gasteiger partial charge < -0.3 is 74.4 Å². The predicted octanol–water partition coefficient (Wildman–Crippen LogP) is -7.11. The Morgan fingerprint density at radius 3 is 0.818 bits per heavy atom. The van der Waals surface area contributed by atoms with E-state index in [1.165, 1.54) is 0 Å². The molecule has 0 fully saturated rings. The van der Waals surface area contributed by atoms with Gasteiger partial charge in [0, 0.05) is 117 Å². The largest absolute Gasteiger partial charge is 0.390 e. The van der Waals surface area contributed by atoms with Crippen molar-refractivity contribution in [1.82, 2.24) is 31.1 Å². The van der Waals surface area contributed by atoms with E-state index in [4.69, 9.17) is 22.9 Å². The van der Waals surface area contributed by atoms with Gasteiger partial charge in [-0.05, 0) is 0 Å². The average molecular weight is 637 g/mol. The number of aliphatic hydroxyl groups excluding tert-OH is 4. The maximum Gasteiger partial charge on any atom is 0.221 e. The number of hydrogen-bond acceptors (Lipinski definition) is 14. The molecule has 0 saturated carbocycles. The highest BCUT2D eigenvalue weighted by Crippen LogP contribution is 2.01. The number of rotatable bonds is 27. The van der Waals surface area contributed by atoms with Crippen LogP contribution in [0.5, 0.6) is 0 Å². The summed E-state index contributed by atoms with van der Waals surface area (Å²) in [7, 11) is 0. The van der Waals surface area contributed by atoms with Crippen LogP contribution >= 0.6 is 0 Å². The fourth-order valence-corrected chi connectivity index (χ4v) is 3.61. The molecule has 0 aromatic heterocycles. The summed E-state index contributed by atoms with van der Waals surface area (Å²) in [6.07, 6.45) is -3.09. The summed E-state index contributed by atoms with van der Waals surface area (Å²) in [6, 6.07) is 0. The van der Waals surface area contributed by atoms with Gasteiger partial charge in [-0.2, -0.15) is 0 Å². The predicted molar refractivity (Wildman–Crippen MR) is 164 cm³/mol. The van der Waals surface area contributed by atoms with Crippen molar-refractivity contribution in [2.45, 2.75) is 50.1 Å². The van der Waals surface area contributed by atoms with E-state index in [2.05, 4.69) is 21.3 Å². The molecule has 0 aromatic carbocycles. The molecule has 4 unspecified atom stereocenters. The normalized spacial score (nSPS) is 14.1. The van der Waals surface area contributed by atoms with E-state index in [1.54, 1.807) is 0 Å². The van der Waals surface area contributed by atoms with E-state index in [0.29, 0.717) is 13.1 Å².